The van der Waals surface area contributed by atoms with Gasteiger partial charge in [0.25, 0.3) is 0 Å². The Morgan fingerprint density at radius 1 is 1.05 bits per heavy atom. The van der Waals surface area contributed by atoms with Gasteiger partial charge in [0.05, 0.1) is 0 Å². The number of benzene rings is 1. The quantitative estimate of drug-likeness (QED) is 0.762. The van der Waals surface area contributed by atoms with Crippen LogP contribution in [0.4, 0.5) is 4.39 Å². The van der Waals surface area contributed by atoms with Crippen LogP contribution in [-0.2, 0) is 6.42 Å². The highest BCUT2D eigenvalue weighted by Gasteiger charge is 2.12. The number of halogens is 3. The molecular weight excluding hydrogens is 286 g/mol. The van der Waals surface area contributed by atoms with Crippen molar-refractivity contribution in [3.8, 4) is 11.4 Å². The summed E-state index contributed by atoms with van der Waals surface area (Å²) in [5, 5.41) is -0.525. The Hall–Kier alpha value is -1.19. The summed E-state index contributed by atoms with van der Waals surface area (Å²) in [5.41, 5.74) is 1.99. The highest BCUT2D eigenvalue weighted by molar-refractivity contribution is 6.33. The van der Waals surface area contributed by atoms with E-state index in [9.17, 15) is 4.39 Å². The average Bonchev–Trinajstić information content (AvgIpc) is 2.35. The van der Waals surface area contributed by atoms with Crippen molar-refractivity contribution in [2.24, 2.45) is 5.92 Å². The van der Waals surface area contributed by atoms with Crippen LogP contribution < -0.4 is 0 Å². The van der Waals surface area contributed by atoms with E-state index in [1.54, 1.807) is 0 Å². The molecular formula is C14H13Cl2FN2. The van der Waals surface area contributed by atoms with Gasteiger partial charge in [-0.15, -0.1) is 0 Å². The molecule has 0 bridgehead atoms. The van der Waals surface area contributed by atoms with E-state index < -0.39 is 5.82 Å². The van der Waals surface area contributed by atoms with Crippen LogP contribution >= 0.6 is 23.2 Å². The average molecular weight is 299 g/mol. The summed E-state index contributed by atoms with van der Waals surface area (Å²) in [4.78, 5) is 7.78. The second-order valence-electron chi connectivity index (χ2n) is 4.74. The van der Waals surface area contributed by atoms with Gasteiger partial charge in [-0.05, 0) is 17.9 Å². The van der Waals surface area contributed by atoms with Crippen LogP contribution in [0.1, 0.15) is 19.4 Å². The van der Waals surface area contributed by atoms with Gasteiger partial charge in [-0.2, -0.15) is 0 Å². The molecule has 19 heavy (non-hydrogen) atoms. The molecule has 0 aliphatic rings. The predicted octanol–water partition coefficient (Wildman–Crippen LogP) is 4.79. The van der Waals surface area contributed by atoms with Crippen molar-refractivity contribution in [1.29, 1.82) is 0 Å². The molecule has 1 aromatic carbocycles. The lowest BCUT2D eigenvalue weighted by Crippen LogP contribution is -1.96. The van der Waals surface area contributed by atoms with Crippen LogP contribution in [0.15, 0.2) is 24.3 Å². The second-order valence-corrected chi connectivity index (χ2v) is 5.45. The summed E-state index contributed by atoms with van der Waals surface area (Å²) < 4.78 is 13.2. The maximum atomic E-state index is 13.2. The Morgan fingerprint density at radius 3 is 2.05 bits per heavy atom. The molecule has 0 spiro atoms. The third-order valence-electron chi connectivity index (χ3n) is 2.63. The summed E-state index contributed by atoms with van der Waals surface area (Å²) in [7, 11) is 0. The van der Waals surface area contributed by atoms with Crippen molar-refractivity contribution in [2.45, 2.75) is 20.3 Å². The molecule has 1 aromatic heterocycles. The SMILES string of the molecule is CC(C)Cc1ccc(-c2nc(Cl)c(F)c(Cl)n2)cc1. The molecule has 0 saturated carbocycles. The van der Waals surface area contributed by atoms with E-state index in [0.29, 0.717) is 11.7 Å². The molecule has 0 aliphatic heterocycles. The molecule has 0 unspecified atom stereocenters. The van der Waals surface area contributed by atoms with Gasteiger partial charge in [0, 0.05) is 5.56 Å². The van der Waals surface area contributed by atoms with Crippen molar-refractivity contribution >= 4 is 23.2 Å². The smallest absolute Gasteiger partial charge is 0.197 e. The summed E-state index contributed by atoms with van der Waals surface area (Å²) in [6, 6.07) is 7.78. The molecule has 1 heterocycles. The van der Waals surface area contributed by atoms with Crippen molar-refractivity contribution < 1.29 is 4.39 Å². The van der Waals surface area contributed by atoms with E-state index in [2.05, 4.69) is 23.8 Å². The first-order valence-electron chi connectivity index (χ1n) is 5.95. The number of rotatable bonds is 3. The Labute approximate surface area is 121 Å². The molecule has 0 aliphatic carbocycles. The van der Waals surface area contributed by atoms with Crippen LogP contribution in [0.5, 0.6) is 0 Å². The third-order valence-corrected chi connectivity index (χ3v) is 3.13. The topological polar surface area (TPSA) is 25.8 Å². The highest BCUT2D eigenvalue weighted by Crippen LogP contribution is 2.24. The fourth-order valence-electron chi connectivity index (χ4n) is 1.78. The van der Waals surface area contributed by atoms with E-state index >= 15 is 0 Å². The summed E-state index contributed by atoms with van der Waals surface area (Å²) in [6.07, 6.45) is 1.01. The van der Waals surface area contributed by atoms with Crippen LogP contribution in [-0.4, -0.2) is 9.97 Å². The van der Waals surface area contributed by atoms with E-state index in [-0.39, 0.29) is 10.3 Å². The Kier molecular flexibility index (Phi) is 4.38. The van der Waals surface area contributed by atoms with Crippen LogP contribution in [0.3, 0.4) is 0 Å². The van der Waals surface area contributed by atoms with Gasteiger partial charge >= 0.3 is 0 Å². The Morgan fingerprint density at radius 2 is 1.58 bits per heavy atom. The fourth-order valence-corrected chi connectivity index (χ4v) is 2.17. The molecule has 5 heteroatoms. The largest absolute Gasteiger partial charge is 0.213 e. The lowest BCUT2D eigenvalue weighted by atomic mass is 10.0. The number of hydrogen-bond acceptors (Lipinski definition) is 2. The van der Waals surface area contributed by atoms with Crippen LogP contribution in [0.2, 0.25) is 10.3 Å². The highest BCUT2D eigenvalue weighted by atomic mass is 35.5. The van der Waals surface area contributed by atoms with Crippen molar-refractivity contribution in [3.63, 3.8) is 0 Å². The molecule has 0 saturated heterocycles. The normalized spacial score (nSPS) is 11.1. The van der Waals surface area contributed by atoms with Crippen molar-refractivity contribution in [3.05, 3.63) is 46.0 Å². The molecule has 0 radical (unpaired) electrons. The maximum Gasteiger partial charge on any atom is 0.197 e. The second kappa shape index (κ2) is 5.85. The van der Waals surface area contributed by atoms with Gasteiger partial charge in [-0.25, -0.2) is 14.4 Å². The minimum Gasteiger partial charge on any atom is -0.213 e. The minimum atomic E-state index is -0.788. The van der Waals surface area contributed by atoms with Crippen LogP contribution in [0, 0.1) is 11.7 Å². The van der Waals surface area contributed by atoms with Crippen molar-refractivity contribution in [2.75, 3.05) is 0 Å². The van der Waals surface area contributed by atoms with E-state index in [4.69, 9.17) is 23.2 Å². The number of hydrogen-bond donors (Lipinski definition) is 0. The monoisotopic (exact) mass is 298 g/mol. The Balaban J connectivity index is 2.32. The van der Waals surface area contributed by atoms with Gasteiger partial charge in [0.2, 0.25) is 0 Å². The molecule has 0 fully saturated rings. The lowest BCUT2D eigenvalue weighted by molar-refractivity contribution is 0.615. The van der Waals surface area contributed by atoms with Gasteiger partial charge in [-0.1, -0.05) is 61.3 Å². The lowest BCUT2D eigenvalue weighted by Gasteiger charge is -2.06. The van der Waals surface area contributed by atoms with E-state index in [1.807, 2.05) is 24.3 Å². The van der Waals surface area contributed by atoms with Crippen LogP contribution in [0.25, 0.3) is 11.4 Å². The first kappa shape index (κ1) is 14.2. The van der Waals surface area contributed by atoms with Gasteiger partial charge in [-0.3, -0.25) is 0 Å². The molecule has 0 amide bonds. The molecule has 2 aromatic rings. The summed E-state index contributed by atoms with van der Waals surface area (Å²) >= 11 is 11.3. The predicted molar refractivity (Wildman–Crippen MR) is 76.0 cm³/mol. The zero-order valence-electron chi connectivity index (χ0n) is 10.6. The van der Waals surface area contributed by atoms with Gasteiger partial charge in [0.1, 0.15) is 0 Å². The van der Waals surface area contributed by atoms with Gasteiger partial charge < -0.3 is 0 Å². The number of nitrogens with zero attached hydrogens (tertiary/aromatic N) is 2. The molecule has 100 valence electrons. The molecule has 2 nitrogen and oxygen atoms in total. The van der Waals surface area contributed by atoms with E-state index in [0.717, 1.165) is 12.0 Å². The van der Waals surface area contributed by atoms with E-state index in [1.165, 1.54) is 5.56 Å². The Bertz CT molecular complexity index is 559. The molecule has 0 N–H and O–H groups in total. The third kappa shape index (κ3) is 3.43. The number of aromatic nitrogens is 2. The maximum absolute atomic E-state index is 13.2. The first-order valence-corrected chi connectivity index (χ1v) is 6.71. The molecule has 0 atom stereocenters. The van der Waals surface area contributed by atoms with Gasteiger partial charge in [0.15, 0.2) is 21.9 Å². The molecule has 2 rings (SSSR count). The zero-order chi connectivity index (χ0) is 14.0. The van der Waals surface area contributed by atoms with Crippen molar-refractivity contribution in [1.82, 2.24) is 9.97 Å². The first-order chi connectivity index (χ1) is 8.97. The summed E-state index contributed by atoms with van der Waals surface area (Å²) in [5.74, 6) is 0.132. The fraction of sp³-hybridized carbons (Fsp3) is 0.286. The minimum absolute atomic E-state index is 0.263. The summed E-state index contributed by atoms with van der Waals surface area (Å²) in [6.45, 7) is 4.33. The zero-order valence-corrected chi connectivity index (χ0v) is 12.1. The standard InChI is InChI=1S/C14H13Cl2FN2/c1-8(2)7-9-3-5-10(6-4-9)14-18-12(15)11(17)13(16)19-14/h3-6,8H,7H2,1-2H3.